The quantitative estimate of drug-likeness (QED) is 0.707. The van der Waals surface area contributed by atoms with E-state index in [2.05, 4.69) is 4.98 Å². The van der Waals surface area contributed by atoms with Crippen LogP contribution in [0.25, 0.3) is 20.8 Å². The Hall–Kier alpha value is -1.76. The summed E-state index contributed by atoms with van der Waals surface area (Å²) in [6.07, 6.45) is 3.01. The Morgan fingerprint density at radius 2 is 1.62 bits per heavy atom. The van der Waals surface area contributed by atoms with Crippen molar-refractivity contribution in [3.05, 3.63) is 48.5 Å². The molecule has 0 bridgehead atoms. The van der Waals surface area contributed by atoms with E-state index in [1.807, 2.05) is 36.4 Å². The molecule has 1 aromatic heterocycles. The number of benzene rings is 2. The number of nitrogens with zero attached hydrogens (tertiary/aromatic N) is 2. The second kappa shape index (κ2) is 6.27. The lowest BCUT2D eigenvalue weighted by atomic mass is 10.2. The normalized spacial score (nSPS) is 16.5. The molecule has 4 nitrogen and oxygen atoms in total. The molecule has 2 aromatic carbocycles. The molecule has 3 aromatic rings. The fourth-order valence-corrected chi connectivity index (χ4v) is 5.51. The van der Waals surface area contributed by atoms with E-state index in [4.69, 9.17) is 0 Å². The molecule has 24 heavy (non-hydrogen) atoms. The molecule has 0 N–H and O–H groups in total. The summed E-state index contributed by atoms with van der Waals surface area (Å²) in [6.45, 7) is 1.25. The Balaban J connectivity index is 1.64. The minimum Gasteiger partial charge on any atom is -0.236 e. The van der Waals surface area contributed by atoms with Crippen LogP contribution in [0.5, 0.6) is 0 Å². The van der Waals surface area contributed by atoms with Gasteiger partial charge in [0.2, 0.25) is 10.0 Å². The van der Waals surface area contributed by atoms with Gasteiger partial charge in [-0.25, -0.2) is 13.4 Å². The van der Waals surface area contributed by atoms with Crippen molar-refractivity contribution in [3.8, 4) is 10.6 Å². The largest absolute Gasteiger partial charge is 0.243 e. The maximum atomic E-state index is 12.7. The molecule has 1 fully saturated rings. The van der Waals surface area contributed by atoms with Gasteiger partial charge in [0.05, 0.1) is 15.1 Å². The van der Waals surface area contributed by atoms with E-state index in [9.17, 15) is 8.42 Å². The molecule has 6 heteroatoms. The van der Waals surface area contributed by atoms with Gasteiger partial charge in [-0.15, -0.1) is 11.3 Å². The van der Waals surface area contributed by atoms with E-state index in [1.165, 1.54) is 0 Å². The predicted molar refractivity (Wildman–Crippen MR) is 97.7 cm³/mol. The maximum absolute atomic E-state index is 12.7. The van der Waals surface area contributed by atoms with Gasteiger partial charge in [-0.1, -0.05) is 30.7 Å². The maximum Gasteiger partial charge on any atom is 0.243 e. The molecule has 0 amide bonds. The average molecular weight is 358 g/mol. The van der Waals surface area contributed by atoms with Crippen LogP contribution in [0.4, 0.5) is 0 Å². The van der Waals surface area contributed by atoms with E-state index in [-0.39, 0.29) is 0 Å². The Labute approximate surface area is 145 Å². The van der Waals surface area contributed by atoms with Gasteiger partial charge in [-0.3, -0.25) is 0 Å². The third kappa shape index (κ3) is 2.85. The van der Waals surface area contributed by atoms with Gasteiger partial charge in [-0.2, -0.15) is 4.31 Å². The zero-order valence-corrected chi connectivity index (χ0v) is 14.8. The van der Waals surface area contributed by atoms with Gasteiger partial charge in [-0.05, 0) is 37.1 Å². The van der Waals surface area contributed by atoms with Gasteiger partial charge in [0.1, 0.15) is 5.01 Å². The van der Waals surface area contributed by atoms with Crippen LogP contribution in [0, 0.1) is 0 Å². The molecular weight excluding hydrogens is 340 g/mol. The van der Waals surface area contributed by atoms with Crippen LogP contribution in [0.3, 0.4) is 0 Å². The fourth-order valence-electron chi connectivity index (χ4n) is 3.02. The molecular formula is C18H18N2O2S2. The van der Waals surface area contributed by atoms with E-state index in [0.29, 0.717) is 18.0 Å². The first-order valence-electron chi connectivity index (χ1n) is 8.11. The lowest BCUT2D eigenvalue weighted by Crippen LogP contribution is -2.35. The highest BCUT2D eigenvalue weighted by atomic mass is 32.2. The molecule has 0 aliphatic carbocycles. The summed E-state index contributed by atoms with van der Waals surface area (Å²) in [7, 11) is -3.37. The SMILES string of the molecule is O=S(=O)(c1ccc(-c2nc3ccccc3s2)cc1)N1CCCCC1. The van der Waals surface area contributed by atoms with Crippen LogP contribution in [0.1, 0.15) is 19.3 Å². The monoisotopic (exact) mass is 358 g/mol. The van der Waals surface area contributed by atoms with Gasteiger partial charge < -0.3 is 0 Å². The fraction of sp³-hybridized carbons (Fsp3) is 0.278. The van der Waals surface area contributed by atoms with E-state index >= 15 is 0 Å². The minimum absolute atomic E-state index is 0.370. The van der Waals surface area contributed by atoms with Crippen molar-refractivity contribution in [1.29, 1.82) is 0 Å². The summed E-state index contributed by atoms with van der Waals surface area (Å²) in [4.78, 5) is 4.99. The Kier molecular flexibility index (Phi) is 4.12. The molecule has 4 rings (SSSR count). The lowest BCUT2D eigenvalue weighted by molar-refractivity contribution is 0.346. The zero-order chi connectivity index (χ0) is 16.6. The summed E-state index contributed by atoms with van der Waals surface area (Å²) in [5.41, 5.74) is 1.93. The lowest BCUT2D eigenvalue weighted by Gasteiger charge is -2.25. The van der Waals surface area contributed by atoms with Gasteiger partial charge in [0.25, 0.3) is 0 Å². The number of fused-ring (bicyclic) bond motifs is 1. The van der Waals surface area contributed by atoms with Crippen molar-refractivity contribution in [2.45, 2.75) is 24.2 Å². The number of hydrogen-bond acceptors (Lipinski definition) is 4. The van der Waals surface area contributed by atoms with Crippen molar-refractivity contribution in [1.82, 2.24) is 9.29 Å². The number of thiazole rings is 1. The predicted octanol–water partition coefficient (Wildman–Crippen LogP) is 4.14. The van der Waals surface area contributed by atoms with Crippen LogP contribution < -0.4 is 0 Å². The van der Waals surface area contributed by atoms with Crippen molar-refractivity contribution < 1.29 is 8.42 Å². The molecule has 124 valence electrons. The number of para-hydroxylation sites is 1. The first-order chi connectivity index (χ1) is 11.6. The highest BCUT2D eigenvalue weighted by Crippen LogP contribution is 2.31. The van der Waals surface area contributed by atoms with Gasteiger partial charge in [0.15, 0.2) is 0 Å². The average Bonchev–Trinajstić information content (AvgIpc) is 3.07. The Bertz CT molecular complexity index is 923. The Morgan fingerprint density at radius 3 is 2.33 bits per heavy atom. The van der Waals surface area contributed by atoms with Crippen molar-refractivity contribution in [3.63, 3.8) is 0 Å². The minimum atomic E-state index is -3.37. The van der Waals surface area contributed by atoms with Crippen LogP contribution >= 0.6 is 11.3 Å². The topological polar surface area (TPSA) is 50.3 Å². The third-order valence-corrected chi connectivity index (χ3v) is 7.35. The summed E-state index contributed by atoms with van der Waals surface area (Å²) < 4.78 is 28.1. The standard InChI is InChI=1S/C18H18N2O2S2/c21-24(22,20-12-4-1-5-13-20)15-10-8-14(9-11-15)18-19-16-6-2-3-7-17(16)23-18/h2-3,6-11H,1,4-5,12-13H2. The summed E-state index contributed by atoms with van der Waals surface area (Å²) in [5.74, 6) is 0. The van der Waals surface area contributed by atoms with Crippen molar-refractivity contribution in [2.75, 3.05) is 13.1 Å². The molecule has 1 aliphatic heterocycles. The Morgan fingerprint density at radius 1 is 0.917 bits per heavy atom. The first-order valence-corrected chi connectivity index (χ1v) is 10.4. The molecule has 2 heterocycles. The second-order valence-corrected chi connectivity index (χ2v) is 8.94. The third-order valence-electron chi connectivity index (χ3n) is 4.35. The van der Waals surface area contributed by atoms with E-state index in [0.717, 1.165) is 40.1 Å². The number of rotatable bonds is 3. The van der Waals surface area contributed by atoms with Gasteiger partial charge in [0, 0.05) is 18.7 Å². The molecule has 1 saturated heterocycles. The number of hydrogen-bond donors (Lipinski definition) is 0. The molecule has 0 unspecified atom stereocenters. The van der Waals surface area contributed by atoms with E-state index in [1.54, 1.807) is 27.8 Å². The molecule has 0 saturated carbocycles. The molecule has 1 aliphatic rings. The molecule has 0 atom stereocenters. The molecule has 0 radical (unpaired) electrons. The second-order valence-electron chi connectivity index (χ2n) is 5.98. The molecule has 0 spiro atoms. The summed E-state index contributed by atoms with van der Waals surface area (Å²) in [5, 5.41) is 0.915. The summed E-state index contributed by atoms with van der Waals surface area (Å²) >= 11 is 1.62. The highest BCUT2D eigenvalue weighted by Gasteiger charge is 2.25. The van der Waals surface area contributed by atoms with Crippen LogP contribution in [-0.2, 0) is 10.0 Å². The number of aromatic nitrogens is 1. The zero-order valence-electron chi connectivity index (χ0n) is 13.2. The van der Waals surface area contributed by atoms with Crippen LogP contribution in [0.2, 0.25) is 0 Å². The summed E-state index contributed by atoms with van der Waals surface area (Å²) in [6, 6.07) is 15.1. The first kappa shape index (κ1) is 15.7. The van der Waals surface area contributed by atoms with Crippen molar-refractivity contribution in [2.24, 2.45) is 0 Å². The van der Waals surface area contributed by atoms with Crippen LogP contribution in [0.15, 0.2) is 53.4 Å². The van der Waals surface area contributed by atoms with E-state index < -0.39 is 10.0 Å². The van der Waals surface area contributed by atoms with Crippen LogP contribution in [-0.4, -0.2) is 30.8 Å². The van der Waals surface area contributed by atoms with Gasteiger partial charge >= 0.3 is 0 Å². The van der Waals surface area contributed by atoms with Crippen molar-refractivity contribution >= 4 is 31.6 Å². The number of piperidine rings is 1. The smallest absolute Gasteiger partial charge is 0.236 e. The highest BCUT2D eigenvalue weighted by molar-refractivity contribution is 7.89. The number of sulfonamides is 1.